The lowest BCUT2D eigenvalue weighted by molar-refractivity contribution is 0.213. The van der Waals surface area contributed by atoms with E-state index in [1.54, 1.807) is 0 Å². The molecule has 0 bridgehead atoms. The fourth-order valence-corrected chi connectivity index (χ4v) is 4.07. The zero-order valence-electron chi connectivity index (χ0n) is 10.3. The fourth-order valence-electron chi connectivity index (χ4n) is 2.29. The Kier molecular flexibility index (Phi) is 3.75. The van der Waals surface area contributed by atoms with E-state index in [4.69, 9.17) is 11.0 Å². The van der Waals surface area contributed by atoms with Crippen LogP contribution in [0.1, 0.15) is 18.4 Å². The van der Waals surface area contributed by atoms with Crippen LogP contribution >= 0.6 is 0 Å². The van der Waals surface area contributed by atoms with E-state index < -0.39 is 10.0 Å². The third-order valence-electron chi connectivity index (χ3n) is 3.26. The lowest BCUT2D eigenvalue weighted by Crippen LogP contribution is -2.37. The van der Waals surface area contributed by atoms with Crippen LogP contribution in [0.2, 0.25) is 0 Å². The van der Waals surface area contributed by atoms with Crippen molar-refractivity contribution >= 4 is 15.7 Å². The van der Waals surface area contributed by atoms with E-state index in [1.807, 2.05) is 6.07 Å². The Morgan fingerprint density at radius 1 is 1.53 bits per heavy atom. The van der Waals surface area contributed by atoms with Gasteiger partial charge in [-0.3, -0.25) is 0 Å². The summed E-state index contributed by atoms with van der Waals surface area (Å²) in [6, 6.07) is 5.63. The number of aliphatic hydroxyl groups is 1. The lowest BCUT2D eigenvalue weighted by Gasteiger charge is -2.23. The van der Waals surface area contributed by atoms with Gasteiger partial charge < -0.3 is 10.8 Å². The van der Waals surface area contributed by atoms with Gasteiger partial charge in [-0.1, -0.05) is 0 Å². The normalized spacial score (nSPS) is 20.3. The summed E-state index contributed by atoms with van der Waals surface area (Å²) in [6.45, 7) is 0.183. The molecule has 1 aromatic carbocycles. The van der Waals surface area contributed by atoms with Crippen molar-refractivity contribution in [1.29, 1.82) is 5.26 Å². The molecule has 0 amide bonds. The molecule has 102 valence electrons. The van der Waals surface area contributed by atoms with Crippen LogP contribution in [0.15, 0.2) is 23.1 Å². The van der Waals surface area contributed by atoms with Crippen LogP contribution < -0.4 is 5.73 Å². The van der Waals surface area contributed by atoms with Gasteiger partial charge in [-0.05, 0) is 31.0 Å². The van der Waals surface area contributed by atoms with Crippen LogP contribution in [0.3, 0.4) is 0 Å². The Labute approximate surface area is 112 Å². The number of hydrogen-bond donors (Lipinski definition) is 2. The van der Waals surface area contributed by atoms with E-state index in [-0.39, 0.29) is 23.2 Å². The quantitative estimate of drug-likeness (QED) is 0.774. The summed E-state index contributed by atoms with van der Waals surface area (Å²) in [5.74, 6) is 0. The first kappa shape index (κ1) is 13.8. The molecule has 1 aromatic rings. The molecule has 0 aliphatic carbocycles. The van der Waals surface area contributed by atoms with Gasteiger partial charge in [-0.25, -0.2) is 8.42 Å². The molecule has 0 unspecified atom stereocenters. The van der Waals surface area contributed by atoms with Crippen molar-refractivity contribution in [3.05, 3.63) is 23.8 Å². The molecule has 0 aromatic heterocycles. The maximum absolute atomic E-state index is 12.5. The predicted octanol–water partition coefficient (Wildman–Crippen LogP) is 0.286. The minimum absolute atomic E-state index is 0.00755. The molecule has 1 aliphatic heterocycles. The number of hydrogen-bond acceptors (Lipinski definition) is 5. The van der Waals surface area contributed by atoms with Crippen molar-refractivity contribution < 1.29 is 13.5 Å². The van der Waals surface area contributed by atoms with E-state index in [2.05, 4.69) is 0 Å². The third kappa shape index (κ3) is 2.42. The Balaban J connectivity index is 2.43. The van der Waals surface area contributed by atoms with E-state index in [0.29, 0.717) is 18.5 Å². The minimum Gasteiger partial charge on any atom is -0.398 e. The summed E-state index contributed by atoms with van der Waals surface area (Å²) in [7, 11) is -3.72. The second kappa shape index (κ2) is 5.17. The van der Waals surface area contributed by atoms with Crippen molar-refractivity contribution in [2.24, 2.45) is 0 Å². The van der Waals surface area contributed by atoms with Crippen LogP contribution in [0.25, 0.3) is 0 Å². The van der Waals surface area contributed by atoms with Crippen LogP contribution in [0.5, 0.6) is 0 Å². The van der Waals surface area contributed by atoms with Crippen LogP contribution in [-0.4, -0.2) is 37.0 Å². The van der Waals surface area contributed by atoms with Gasteiger partial charge in [0.25, 0.3) is 0 Å². The Bertz CT molecular complexity index is 622. The molecule has 19 heavy (non-hydrogen) atoms. The van der Waals surface area contributed by atoms with Crippen molar-refractivity contribution in [1.82, 2.24) is 4.31 Å². The number of rotatable bonds is 3. The molecule has 0 spiro atoms. The molecule has 1 heterocycles. The van der Waals surface area contributed by atoms with Crippen LogP contribution in [-0.2, 0) is 10.0 Å². The topological polar surface area (TPSA) is 107 Å². The van der Waals surface area contributed by atoms with Crippen molar-refractivity contribution in [2.75, 3.05) is 18.9 Å². The molecular weight excluding hydrogens is 266 g/mol. The second-order valence-electron chi connectivity index (χ2n) is 4.46. The second-order valence-corrected chi connectivity index (χ2v) is 6.32. The number of nitrogens with two attached hydrogens (primary N) is 1. The third-order valence-corrected chi connectivity index (χ3v) is 5.29. The summed E-state index contributed by atoms with van der Waals surface area (Å²) in [5, 5.41) is 18.0. The zero-order valence-corrected chi connectivity index (χ0v) is 11.1. The smallest absolute Gasteiger partial charge is 0.245 e. The minimum atomic E-state index is -3.72. The number of nitrogens with zero attached hydrogens (tertiary/aromatic N) is 2. The van der Waals surface area contributed by atoms with Gasteiger partial charge in [0.15, 0.2) is 0 Å². The Morgan fingerprint density at radius 2 is 2.26 bits per heavy atom. The summed E-state index contributed by atoms with van der Waals surface area (Å²) in [4.78, 5) is -0.00755. The first-order chi connectivity index (χ1) is 9.00. The molecule has 2 rings (SSSR count). The van der Waals surface area contributed by atoms with Crippen molar-refractivity contribution in [3.8, 4) is 6.07 Å². The lowest BCUT2D eigenvalue weighted by atomic mass is 10.2. The highest BCUT2D eigenvalue weighted by Crippen LogP contribution is 2.29. The molecule has 7 heteroatoms. The Hall–Kier alpha value is -1.62. The van der Waals surface area contributed by atoms with Gasteiger partial charge in [0.1, 0.15) is 4.90 Å². The van der Waals surface area contributed by atoms with Crippen LogP contribution in [0.4, 0.5) is 5.69 Å². The standard InChI is InChI=1S/C12H15N3O3S/c13-7-9-3-4-12(11(14)6-9)19(17,18)15-5-1-2-10(15)8-16/h3-4,6,10,16H,1-2,5,8,14H2/t10-/m0/s1. The highest BCUT2D eigenvalue weighted by atomic mass is 32.2. The van der Waals surface area contributed by atoms with E-state index in [1.165, 1.54) is 22.5 Å². The summed E-state index contributed by atoms with van der Waals surface area (Å²) in [6.07, 6.45) is 1.37. The van der Waals surface area contributed by atoms with Gasteiger partial charge in [0.2, 0.25) is 10.0 Å². The van der Waals surface area contributed by atoms with Gasteiger partial charge in [0.05, 0.1) is 23.9 Å². The molecule has 1 fully saturated rings. The molecule has 0 saturated carbocycles. The summed E-state index contributed by atoms with van der Waals surface area (Å²) < 4.78 is 26.2. The number of nitriles is 1. The van der Waals surface area contributed by atoms with E-state index in [0.717, 1.165) is 6.42 Å². The van der Waals surface area contributed by atoms with Crippen molar-refractivity contribution in [3.63, 3.8) is 0 Å². The molecule has 1 atom stereocenters. The van der Waals surface area contributed by atoms with Gasteiger partial charge in [-0.2, -0.15) is 9.57 Å². The number of anilines is 1. The van der Waals surface area contributed by atoms with E-state index in [9.17, 15) is 13.5 Å². The molecule has 1 saturated heterocycles. The summed E-state index contributed by atoms with van der Waals surface area (Å²) >= 11 is 0. The molecule has 1 aliphatic rings. The molecule has 3 N–H and O–H groups in total. The maximum Gasteiger partial charge on any atom is 0.245 e. The molecule has 6 nitrogen and oxygen atoms in total. The molecular formula is C12H15N3O3S. The highest BCUT2D eigenvalue weighted by Gasteiger charge is 2.35. The first-order valence-electron chi connectivity index (χ1n) is 5.93. The van der Waals surface area contributed by atoms with Gasteiger partial charge in [0, 0.05) is 12.6 Å². The van der Waals surface area contributed by atoms with Crippen molar-refractivity contribution in [2.45, 2.75) is 23.8 Å². The molecule has 0 radical (unpaired) electrons. The average molecular weight is 281 g/mol. The predicted molar refractivity (Wildman–Crippen MR) is 69.6 cm³/mol. The highest BCUT2D eigenvalue weighted by molar-refractivity contribution is 7.89. The number of sulfonamides is 1. The fraction of sp³-hybridized carbons (Fsp3) is 0.417. The monoisotopic (exact) mass is 281 g/mol. The first-order valence-corrected chi connectivity index (χ1v) is 7.37. The van der Waals surface area contributed by atoms with Gasteiger partial charge in [-0.15, -0.1) is 0 Å². The number of benzene rings is 1. The van der Waals surface area contributed by atoms with Crippen LogP contribution in [0, 0.1) is 11.3 Å². The number of aliphatic hydroxyl groups excluding tert-OH is 1. The maximum atomic E-state index is 12.5. The number of nitrogen functional groups attached to an aromatic ring is 1. The van der Waals surface area contributed by atoms with Gasteiger partial charge >= 0.3 is 0 Å². The SMILES string of the molecule is N#Cc1ccc(S(=O)(=O)N2CCC[C@H]2CO)c(N)c1. The van der Waals surface area contributed by atoms with E-state index >= 15 is 0 Å². The average Bonchev–Trinajstić information content (AvgIpc) is 2.87. The Morgan fingerprint density at radius 3 is 2.84 bits per heavy atom. The summed E-state index contributed by atoms with van der Waals surface area (Å²) in [5.41, 5.74) is 6.09. The zero-order chi connectivity index (χ0) is 14.0. The largest absolute Gasteiger partial charge is 0.398 e.